The molecule has 1 aromatic heterocycles. The molecule has 0 aromatic carbocycles. The summed E-state index contributed by atoms with van der Waals surface area (Å²) in [5.41, 5.74) is 0.673. The van der Waals surface area contributed by atoms with E-state index in [-0.39, 0.29) is 17.5 Å². The highest BCUT2D eigenvalue weighted by Gasteiger charge is 2.43. The fourth-order valence-electron chi connectivity index (χ4n) is 2.82. The fourth-order valence-corrected chi connectivity index (χ4v) is 4.52. The molecular weight excluding hydrogens is 328 g/mol. The van der Waals surface area contributed by atoms with Gasteiger partial charge in [0.05, 0.1) is 5.75 Å². The highest BCUT2D eigenvalue weighted by atomic mass is 32.2. The quantitative estimate of drug-likeness (QED) is 0.845. The molecule has 1 N–H and O–H groups in total. The molecule has 1 aromatic rings. The molecule has 24 heavy (non-hydrogen) atoms. The van der Waals surface area contributed by atoms with Crippen LogP contribution in [0.25, 0.3) is 5.57 Å². The second-order valence-electron chi connectivity index (χ2n) is 7.11. The molecule has 134 valence electrons. The molecule has 0 atom stereocenters. The van der Waals surface area contributed by atoms with Gasteiger partial charge in [0.1, 0.15) is 4.75 Å². The number of sulfone groups is 1. The minimum Gasteiger partial charge on any atom is -0.354 e. The van der Waals surface area contributed by atoms with Crippen molar-refractivity contribution in [3.8, 4) is 0 Å². The summed E-state index contributed by atoms with van der Waals surface area (Å²) in [6, 6.07) is 1.53. The summed E-state index contributed by atoms with van der Waals surface area (Å²) in [5.74, 6) is 0.258. The van der Waals surface area contributed by atoms with Gasteiger partial charge in [0.15, 0.2) is 21.4 Å². The van der Waals surface area contributed by atoms with E-state index in [1.807, 2.05) is 0 Å². The first-order valence-corrected chi connectivity index (χ1v) is 9.95. The van der Waals surface area contributed by atoms with Gasteiger partial charge in [-0.2, -0.15) is 0 Å². The second-order valence-corrected chi connectivity index (χ2v) is 9.69. The van der Waals surface area contributed by atoms with Crippen molar-refractivity contribution in [3.05, 3.63) is 18.4 Å². The molecule has 0 unspecified atom stereocenters. The summed E-state index contributed by atoms with van der Waals surface area (Å²) in [6.07, 6.45) is 5.13. The Balaban J connectivity index is 2.08. The number of hydrogen-bond acceptors (Lipinski definition) is 5. The number of anilines is 1. The van der Waals surface area contributed by atoms with Crippen LogP contribution in [-0.2, 0) is 14.6 Å². The van der Waals surface area contributed by atoms with Gasteiger partial charge in [-0.05, 0) is 45.1 Å². The van der Waals surface area contributed by atoms with Gasteiger partial charge in [-0.1, -0.05) is 31.0 Å². The number of rotatable bonds is 6. The maximum Gasteiger partial charge on any atom is 0.246 e. The summed E-state index contributed by atoms with van der Waals surface area (Å²) in [4.78, 5) is 12.5. The standard InChI is InChI=1S/C17H26N2O4S/c1-12(2)14-10-15(19-23-14)18-16(20)17(3,4)24(21,22)11-13-8-6-5-7-9-13/h10,13H,1,5-9,11H2,2-4H3,(H,18,19,20). The molecule has 0 radical (unpaired) electrons. The Morgan fingerprint density at radius 3 is 2.54 bits per heavy atom. The Labute approximate surface area is 143 Å². The van der Waals surface area contributed by atoms with Gasteiger partial charge < -0.3 is 9.84 Å². The van der Waals surface area contributed by atoms with Crippen molar-refractivity contribution in [1.29, 1.82) is 0 Å². The van der Waals surface area contributed by atoms with Crippen molar-refractivity contribution in [3.63, 3.8) is 0 Å². The largest absolute Gasteiger partial charge is 0.354 e. The maximum absolute atomic E-state index is 12.7. The van der Waals surface area contributed by atoms with Crippen molar-refractivity contribution in [1.82, 2.24) is 5.16 Å². The van der Waals surface area contributed by atoms with Crippen LogP contribution in [0, 0.1) is 5.92 Å². The van der Waals surface area contributed by atoms with E-state index < -0.39 is 20.5 Å². The third kappa shape index (κ3) is 4.06. The Hall–Kier alpha value is -1.63. The Morgan fingerprint density at radius 1 is 1.38 bits per heavy atom. The van der Waals surface area contributed by atoms with Gasteiger partial charge >= 0.3 is 0 Å². The number of allylic oxidation sites excluding steroid dienone is 1. The molecule has 1 amide bonds. The highest BCUT2D eigenvalue weighted by Crippen LogP contribution is 2.29. The summed E-state index contributed by atoms with van der Waals surface area (Å²) < 4.78 is 29.0. The molecule has 1 aliphatic carbocycles. The van der Waals surface area contributed by atoms with E-state index in [9.17, 15) is 13.2 Å². The van der Waals surface area contributed by atoms with Crippen LogP contribution < -0.4 is 5.32 Å². The van der Waals surface area contributed by atoms with Gasteiger partial charge in [0, 0.05) is 6.07 Å². The smallest absolute Gasteiger partial charge is 0.246 e. The van der Waals surface area contributed by atoms with Gasteiger partial charge in [-0.15, -0.1) is 0 Å². The van der Waals surface area contributed by atoms with Crippen LogP contribution in [0.3, 0.4) is 0 Å². The van der Waals surface area contributed by atoms with Crippen LogP contribution in [0.5, 0.6) is 0 Å². The van der Waals surface area contributed by atoms with Crippen molar-refractivity contribution in [2.45, 2.75) is 57.6 Å². The first-order chi connectivity index (χ1) is 11.1. The minimum atomic E-state index is -3.58. The normalized spacial score (nSPS) is 16.8. The zero-order chi connectivity index (χ0) is 18.0. The van der Waals surface area contributed by atoms with Crippen LogP contribution in [0.4, 0.5) is 5.82 Å². The minimum absolute atomic E-state index is 0.0588. The predicted molar refractivity (Wildman–Crippen MR) is 94.3 cm³/mol. The van der Waals surface area contributed by atoms with E-state index in [0.717, 1.165) is 32.1 Å². The molecular formula is C17H26N2O4S. The topological polar surface area (TPSA) is 89.3 Å². The van der Waals surface area contributed by atoms with E-state index in [4.69, 9.17) is 4.52 Å². The Bertz CT molecular complexity index is 713. The van der Waals surface area contributed by atoms with Crippen LogP contribution in [0.2, 0.25) is 0 Å². The number of carbonyl (C=O) groups is 1. The summed E-state index contributed by atoms with van der Waals surface area (Å²) in [5, 5.41) is 6.26. The lowest BCUT2D eigenvalue weighted by Crippen LogP contribution is -2.46. The number of amides is 1. The van der Waals surface area contributed by atoms with Crippen LogP contribution >= 0.6 is 0 Å². The molecule has 7 heteroatoms. The number of hydrogen-bond donors (Lipinski definition) is 1. The molecule has 0 saturated heterocycles. The molecule has 1 saturated carbocycles. The lowest BCUT2D eigenvalue weighted by Gasteiger charge is -2.28. The van der Waals surface area contributed by atoms with Crippen molar-refractivity contribution in [2.24, 2.45) is 5.92 Å². The maximum atomic E-state index is 12.7. The number of nitrogens with one attached hydrogen (secondary N) is 1. The van der Waals surface area contributed by atoms with Gasteiger partial charge in [-0.3, -0.25) is 4.79 Å². The molecule has 2 rings (SSSR count). The van der Waals surface area contributed by atoms with Gasteiger partial charge in [0.25, 0.3) is 0 Å². The summed E-state index contributed by atoms with van der Waals surface area (Å²) in [6.45, 7) is 8.37. The zero-order valence-corrected chi connectivity index (χ0v) is 15.4. The average Bonchev–Trinajstić information content (AvgIpc) is 2.96. The van der Waals surface area contributed by atoms with E-state index in [1.54, 1.807) is 6.92 Å². The van der Waals surface area contributed by atoms with E-state index in [0.29, 0.717) is 11.3 Å². The summed E-state index contributed by atoms with van der Waals surface area (Å²) in [7, 11) is -3.58. The lowest BCUT2D eigenvalue weighted by atomic mass is 9.91. The van der Waals surface area contributed by atoms with Gasteiger partial charge in [0.2, 0.25) is 5.91 Å². The van der Waals surface area contributed by atoms with Crippen molar-refractivity contribution in [2.75, 3.05) is 11.1 Å². The van der Waals surface area contributed by atoms with Crippen LogP contribution in [0.1, 0.15) is 58.6 Å². The predicted octanol–water partition coefficient (Wildman–Crippen LogP) is 3.42. The number of aromatic nitrogens is 1. The Morgan fingerprint density at radius 2 is 2.00 bits per heavy atom. The van der Waals surface area contributed by atoms with Crippen LogP contribution in [-0.4, -0.2) is 30.0 Å². The van der Waals surface area contributed by atoms with Gasteiger partial charge in [-0.25, -0.2) is 8.42 Å². The molecule has 0 bridgehead atoms. The van der Waals surface area contributed by atoms with E-state index >= 15 is 0 Å². The average molecular weight is 354 g/mol. The highest BCUT2D eigenvalue weighted by molar-refractivity contribution is 7.93. The summed E-state index contributed by atoms with van der Waals surface area (Å²) >= 11 is 0. The second kappa shape index (κ2) is 7.09. The fraction of sp³-hybridized carbons (Fsp3) is 0.647. The molecule has 0 spiro atoms. The SMILES string of the molecule is C=C(C)c1cc(NC(=O)C(C)(C)S(=O)(=O)CC2CCCCC2)no1. The number of carbonyl (C=O) groups excluding carboxylic acids is 1. The lowest BCUT2D eigenvalue weighted by molar-refractivity contribution is -0.117. The van der Waals surface area contributed by atoms with Crippen molar-refractivity contribution < 1.29 is 17.7 Å². The van der Waals surface area contributed by atoms with E-state index in [2.05, 4.69) is 17.1 Å². The monoisotopic (exact) mass is 354 g/mol. The zero-order valence-electron chi connectivity index (χ0n) is 14.6. The molecule has 1 fully saturated rings. The molecule has 6 nitrogen and oxygen atoms in total. The third-order valence-corrected chi connectivity index (χ3v) is 7.33. The Kier molecular flexibility index (Phi) is 5.52. The third-order valence-electron chi connectivity index (χ3n) is 4.68. The van der Waals surface area contributed by atoms with Crippen molar-refractivity contribution >= 4 is 27.1 Å². The van der Waals surface area contributed by atoms with Crippen LogP contribution in [0.15, 0.2) is 17.2 Å². The first-order valence-electron chi connectivity index (χ1n) is 8.30. The first kappa shape index (κ1) is 18.7. The number of nitrogens with zero attached hydrogens (tertiary/aromatic N) is 1. The molecule has 1 heterocycles. The van der Waals surface area contributed by atoms with E-state index in [1.165, 1.54) is 19.9 Å². The molecule has 1 aliphatic rings. The molecule has 0 aliphatic heterocycles.